The summed E-state index contributed by atoms with van der Waals surface area (Å²) in [6, 6.07) is 13.0. The van der Waals surface area contributed by atoms with Gasteiger partial charge < -0.3 is 10.2 Å². The van der Waals surface area contributed by atoms with Crippen LogP contribution in [0.2, 0.25) is 0 Å². The number of hydrogen-bond donors (Lipinski definition) is 1. The minimum absolute atomic E-state index is 0.0994. The normalized spacial score (nSPS) is 21.4. The van der Waals surface area contributed by atoms with Crippen LogP contribution in [0.4, 0.5) is 10.1 Å². The van der Waals surface area contributed by atoms with Gasteiger partial charge in [0.05, 0.1) is 5.69 Å². The molecule has 2 heterocycles. The molecular formula is C22H25FN2OS. The van der Waals surface area contributed by atoms with Crippen LogP contribution in [0.15, 0.2) is 47.4 Å². The zero-order valence-corrected chi connectivity index (χ0v) is 16.4. The third-order valence-corrected chi connectivity index (χ3v) is 6.53. The Bertz CT molecular complexity index is 824. The fourth-order valence-electron chi connectivity index (χ4n) is 4.32. The van der Waals surface area contributed by atoms with Gasteiger partial charge in [0.2, 0.25) is 0 Å². The van der Waals surface area contributed by atoms with Crippen molar-refractivity contribution in [3.63, 3.8) is 0 Å². The van der Waals surface area contributed by atoms with Gasteiger partial charge in [-0.1, -0.05) is 12.1 Å². The van der Waals surface area contributed by atoms with Crippen LogP contribution in [0.5, 0.6) is 0 Å². The predicted octanol–water partition coefficient (Wildman–Crippen LogP) is 4.79. The summed E-state index contributed by atoms with van der Waals surface area (Å²) in [7, 11) is 0. The molecule has 5 heteroatoms. The van der Waals surface area contributed by atoms with Gasteiger partial charge in [0.1, 0.15) is 5.82 Å². The lowest BCUT2D eigenvalue weighted by atomic mass is 9.89. The molecule has 0 amide bonds. The molecular weight excluding hydrogens is 359 g/mol. The number of anilines is 1. The van der Waals surface area contributed by atoms with E-state index in [0.717, 1.165) is 32.5 Å². The number of nitrogens with one attached hydrogen (secondary N) is 1. The first kappa shape index (κ1) is 18.5. The predicted molar refractivity (Wildman–Crippen MR) is 109 cm³/mol. The van der Waals surface area contributed by atoms with E-state index >= 15 is 0 Å². The van der Waals surface area contributed by atoms with Crippen LogP contribution in [0.3, 0.4) is 0 Å². The summed E-state index contributed by atoms with van der Waals surface area (Å²) < 4.78 is 13.0. The number of thioether (sulfide) groups is 1. The van der Waals surface area contributed by atoms with Gasteiger partial charge in [-0.25, -0.2) is 4.39 Å². The SMILES string of the molecule is CSc1cccc2c1N[C@H]1CCN(CCCC(=O)c3ccc(F)cc3)C[C@@H]21. The number of halogens is 1. The first-order chi connectivity index (χ1) is 13.2. The van der Waals surface area contributed by atoms with Crippen molar-refractivity contribution in [3.05, 3.63) is 59.4 Å². The molecule has 27 heavy (non-hydrogen) atoms. The van der Waals surface area contributed by atoms with E-state index in [0.29, 0.717) is 23.9 Å². The van der Waals surface area contributed by atoms with Crippen LogP contribution in [0.1, 0.15) is 41.1 Å². The van der Waals surface area contributed by atoms with Gasteiger partial charge in [-0.05, 0) is 61.5 Å². The fourth-order valence-corrected chi connectivity index (χ4v) is 4.92. The van der Waals surface area contributed by atoms with Gasteiger partial charge >= 0.3 is 0 Å². The highest BCUT2D eigenvalue weighted by Gasteiger charge is 2.37. The van der Waals surface area contributed by atoms with Crippen LogP contribution in [0.25, 0.3) is 0 Å². The van der Waals surface area contributed by atoms with Crippen molar-refractivity contribution in [1.29, 1.82) is 0 Å². The third kappa shape index (κ3) is 3.90. The molecule has 2 atom stereocenters. The molecule has 4 rings (SSSR count). The third-order valence-electron chi connectivity index (χ3n) is 5.75. The summed E-state index contributed by atoms with van der Waals surface area (Å²) in [5, 5.41) is 3.74. The zero-order valence-electron chi connectivity index (χ0n) is 15.6. The van der Waals surface area contributed by atoms with E-state index in [9.17, 15) is 9.18 Å². The highest BCUT2D eigenvalue weighted by Crippen LogP contribution is 2.44. The molecule has 0 radical (unpaired) electrons. The lowest BCUT2D eigenvalue weighted by Gasteiger charge is -2.35. The largest absolute Gasteiger partial charge is 0.380 e. The lowest BCUT2D eigenvalue weighted by molar-refractivity contribution is 0.0971. The number of nitrogens with zero attached hydrogens (tertiary/aromatic N) is 1. The Morgan fingerprint density at radius 1 is 1.26 bits per heavy atom. The summed E-state index contributed by atoms with van der Waals surface area (Å²) in [5.74, 6) is 0.334. The minimum atomic E-state index is -0.301. The smallest absolute Gasteiger partial charge is 0.162 e. The first-order valence-electron chi connectivity index (χ1n) is 9.60. The Morgan fingerprint density at radius 3 is 2.85 bits per heavy atom. The van der Waals surface area contributed by atoms with Crippen LogP contribution in [-0.2, 0) is 0 Å². The van der Waals surface area contributed by atoms with Crippen molar-refractivity contribution in [2.24, 2.45) is 0 Å². The molecule has 1 saturated heterocycles. The zero-order chi connectivity index (χ0) is 18.8. The van der Waals surface area contributed by atoms with Gasteiger partial charge in [-0.2, -0.15) is 0 Å². The number of ketones is 1. The number of hydrogen-bond acceptors (Lipinski definition) is 4. The van der Waals surface area contributed by atoms with Gasteiger partial charge in [0.25, 0.3) is 0 Å². The van der Waals surface area contributed by atoms with Crippen LogP contribution < -0.4 is 5.32 Å². The molecule has 0 unspecified atom stereocenters. The summed E-state index contributed by atoms with van der Waals surface area (Å²) in [4.78, 5) is 16.1. The maximum atomic E-state index is 13.0. The molecule has 0 aliphatic carbocycles. The molecule has 142 valence electrons. The number of benzene rings is 2. The number of carbonyl (C=O) groups is 1. The standard InChI is InChI=1S/C22H25FN2OS/c1-27-21-6-2-4-17-18-14-25(13-11-19(18)24-22(17)21)12-3-5-20(26)15-7-9-16(23)10-8-15/h2,4,6-10,18-19,24H,3,5,11-14H2,1H3/t18-,19-/m0/s1. The van der Waals surface area contributed by atoms with Crippen molar-refractivity contribution in [2.75, 3.05) is 31.2 Å². The highest BCUT2D eigenvalue weighted by atomic mass is 32.2. The molecule has 0 spiro atoms. The number of likely N-dealkylation sites (tertiary alicyclic amines) is 1. The van der Waals surface area contributed by atoms with E-state index in [2.05, 4.69) is 34.7 Å². The summed E-state index contributed by atoms with van der Waals surface area (Å²) in [6.45, 7) is 3.06. The Balaban J connectivity index is 1.33. The molecule has 1 N–H and O–H groups in total. The second kappa shape index (κ2) is 8.03. The maximum Gasteiger partial charge on any atom is 0.162 e. The van der Waals surface area contributed by atoms with Crippen molar-refractivity contribution in [1.82, 2.24) is 4.90 Å². The second-order valence-corrected chi connectivity index (χ2v) is 8.25. The van der Waals surface area contributed by atoms with Gasteiger partial charge in [-0.3, -0.25) is 4.79 Å². The summed E-state index contributed by atoms with van der Waals surface area (Å²) in [6.07, 6.45) is 4.63. The summed E-state index contributed by atoms with van der Waals surface area (Å²) in [5.41, 5.74) is 3.38. The van der Waals surface area contributed by atoms with E-state index in [4.69, 9.17) is 0 Å². The molecule has 2 aliphatic heterocycles. The number of para-hydroxylation sites is 1. The Labute approximate surface area is 164 Å². The van der Waals surface area contributed by atoms with Crippen LogP contribution >= 0.6 is 11.8 Å². The van der Waals surface area contributed by atoms with Gasteiger partial charge in [0.15, 0.2) is 5.78 Å². The topological polar surface area (TPSA) is 32.3 Å². The highest BCUT2D eigenvalue weighted by molar-refractivity contribution is 7.98. The number of rotatable bonds is 6. The molecule has 3 nitrogen and oxygen atoms in total. The van der Waals surface area contributed by atoms with Gasteiger partial charge in [-0.15, -0.1) is 11.8 Å². The second-order valence-electron chi connectivity index (χ2n) is 7.40. The van der Waals surface area contributed by atoms with E-state index < -0.39 is 0 Å². The number of carbonyl (C=O) groups excluding carboxylic acids is 1. The molecule has 0 saturated carbocycles. The Hall–Kier alpha value is -1.85. The Kier molecular flexibility index (Phi) is 5.50. The summed E-state index contributed by atoms with van der Waals surface area (Å²) >= 11 is 1.80. The van der Waals surface area contributed by atoms with Crippen LogP contribution in [0, 0.1) is 5.82 Å². The van der Waals surface area contributed by atoms with E-state index in [1.54, 1.807) is 23.9 Å². The maximum absolute atomic E-state index is 13.0. The van der Waals surface area contributed by atoms with Gasteiger partial charge in [0, 0.05) is 41.9 Å². The quantitative estimate of drug-likeness (QED) is 0.573. The van der Waals surface area contributed by atoms with Crippen molar-refractivity contribution in [3.8, 4) is 0 Å². The average Bonchev–Trinajstić information content (AvgIpc) is 3.06. The molecule has 0 bridgehead atoms. The molecule has 2 aliphatic rings. The minimum Gasteiger partial charge on any atom is -0.380 e. The molecule has 0 aromatic heterocycles. The van der Waals surface area contributed by atoms with E-state index in [1.165, 1.54) is 28.3 Å². The van der Waals surface area contributed by atoms with Crippen molar-refractivity contribution < 1.29 is 9.18 Å². The lowest BCUT2D eigenvalue weighted by Crippen LogP contribution is -2.42. The monoisotopic (exact) mass is 384 g/mol. The molecule has 2 aromatic carbocycles. The number of piperidine rings is 1. The molecule has 2 aromatic rings. The average molecular weight is 385 g/mol. The van der Waals surface area contributed by atoms with Crippen molar-refractivity contribution >= 4 is 23.2 Å². The number of fused-ring (bicyclic) bond motifs is 3. The van der Waals surface area contributed by atoms with Crippen LogP contribution in [-0.4, -0.2) is 42.6 Å². The Morgan fingerprint density at radius 2 is 2.07 bits per heavy atom. The van der Waals surface area contributed by atoms with E-state index in [1.807, 2.05) is 0 Å². The molecule has 1 fully saturated rings. The first-order valence-corrected chi connectivity index (χ1v) is 10.8. The number of Topliss-reactive ketones (excluding diaryl/α,β-unsaturated/α-hetero) is 1. The fraction of sp³-hybridized carbons (Fsp3) is 0.409. The van der Waals surface area contributed by atoms with Crippen molar-refractivity contribution in [2.45, 2.75) is 36.1 Å². The van der Waals surface area contributed by atoms with E-state index in [-0.39, 0.29) is 11.6 Å².